The summed E-state index contributed by atoms with van der Waals surface area (Å²) in [6.45, 7) is 2.85. The first-order valence-corrected chi connectivity index (χ1v) is 11.5. The van der Waals surface area contributed by atoms with Gasteiger partial charge in [0, 0.05) is 23.9 Å². The predicted octanol–water partition coefficient (Wildman–Crippen LogP) is 8.36. The lowest BCUT2D eigenvalue weighted by Crippen LogP contribution is -2.40. The van der Waals surface area contributed by atoms with Gasteiger partial charge in [0.1, 0.15) is 17.6 Å². The van der Waals surface area contributed by atoms with Gasteiger partial charge in [-0.05, 0) is 47.5 Å². The summed E-state index contributed by atoms with van der Waals surface area (Å²) >= 11 is 4.93. The Bertz CT molecular complexity index is 1120. The number of aliphatic hydroxyl groups is 1. The number of alkyl halides is 8. The second-order valence-corrected chi connectivity index (χ2v) is 8.13. The van der Waals surface area contributed by atoms with Crippen LogP contribution < -0.4 is 9.64 Å². The van der Waals surface area contributed by atoms with Crippen molar-refractivity contribution in [1.29, 1.82) is 0 Å². The van der Waals surface area contributed by atoms with Gasteiger partial charge >= 0.3 is 17.5 Å². The van der Waals surface area contributed by atoms with Gasteiger partial charge in [0.2, 0.25) is 0 Å². The van der Waals surface area contributed by atoms with E-state index in [1.54, 1.807) is 36.4 Å². The van der Waals surface area contributed by atoms with Crippen LogP contribution in [0.3, 0.4) is 0 Å². The van der Waals surface area contributed by atoms with Crippen molar-refractivity contribution in [1.82, 2.24) is 0 Å². The van der Waals surface area contributed by atoms with Crippen LogP contribution in [-0.4, -0.2) is 29.3 Å². The molecule has 37 heavy (non-hydrogen) atoms. The molecule has 0 saturated heterocycles. The second-order valence-electron chi connectivity index (χ2n) is 7.62. The van der Waals surface area contributed by atoms with Gasteiger partial charge in [-0.3, -0.25) is 0 Å². The molecule has 1 N–H and O–H groups in total. The lowest BCUT2D eigenvalue weighted by Gasteiger charge is -2.29. The third-order valence-corrected chi connectivity index (χ3v) is 5.20. The number of halogens is 8. The zero-order valence-electron chi connectivity index (χ0n) is 19.8. The first kappa shape index (κ1) is 30.2. The maximum absolute atomic E-state index is 13.8. The molecule has 0 spiro atoms. The molecule has 0 amide bonds. The molecule has 0 fully saturated rings. The van der Waals surface area contributed by atoms with Crippen LogP contribution >= 0.6 is 11.6 Å². The van der Waals surface area contributed by atoms with Gasteiger partial charge in [0.15, 0.2) is 0 Å². The zero-order valence-corrected chi connectivity index (χ0v) is 20.6. The van der Waals surface area contributed by atoms with Crippen LogP contribution in [0.4, 0.5) is 36.4 Å². The van der Waals surface area contributed by atoms with Gasteiger partial charge in [-0.2, -0.15) is 30.7 Å². The third kappa shape index (κ3) is 8.26. The summed E-state index contributed by atoms with van der Waals surface area (Å²) in [5.41, 5.74) is -1.11. The van der Waals surface area contributed by atoms with Crippen molar-refractivity contribution >= 4 is 17.3 Å². The number of para-hydroxylation sites is 1. The number of hydrogen-bond donors (Lipinski definition) is 1. The SMILES string of the molecule is CC.O[C@H](CN(Cc1cccc(C(F)(F)C(F)(F)F)c1)c1cccc(Oc2ccccc2)c1)C(F)(F)Cl. The van der Waals surface area contributed by atoms with Crippen molar-refractivity contribution in [2.24, 2.45) is 0 Å². The molecule has 3 nitrogen and oxygen atoms in total. The molecule has 11 heteroatoms. The molecule has 0 aromatic heterocycles. The number of nitrogens with zero attached hydrogens (tertiary/aromatic N) is 1. The highest BCUT2D eigenvalue weighted by Gasteiger charge is 2.58. The molecule has 0 aliphatic carbocycles. The fourth-order valence-corrected chi connectivity index (χ4v) is 3.26. The molecule has 0 bridgehead atoms. The minimum Gasteiger partial charge on any atom is -0.457 e. The standard InChI is InChI=1S/C24H19ClF7NO2.C2H6/c25-23(28,29)21(34)15-33(14-16-6-4-7-17(12-16)22(26,27)24(30,31)32)18-8-5-11-20(13-18)35-19-9-2-1-3-10-19;1-2/h1-13,21,34H,14-15H2;1-2H3/t21-;/m1./s1. The van der Waals surface area contributed by atoms with E-state index in [-0.39, 0.29) is 17.8 Å². The number of aliphatic hydroxyl groups excluding tert-OH is 1. The summed E-state index contributed by atoms with van der Waals surface area (Å²) in [6, 6.07) is 18.1. The van der Waals surface area contributed by atoms with Crippen molar-refractivity contribution in [3.63, 3.8) is 0 Å². The summed E-state index contributed by atoms with van der Waals surface area (Å²) in [5.74, 6) is -4.34. The van der Waals surface area contributed by atoms with Crippen LogP contribution in [0.15, 0.2) is 78.9 Å². The number of hydrogen-bond acceptors (Lipinski definition) is 3. The van der Waals surface area contributed by atoms with Crippen LogP contribution in [0.5, 0.6) is 11.5 Å². The summed E-state index contributed by atoms with van der Waals surface area (Å²) in [6.07, 6.45) is -8.19. The Hall–Kier alpha value is -2.98. The van der Waals surface area contributed by atoms with E-state index in [2.05, 4.69) is 0 Å². The van der Waals surface area contributed by atoms with Crippen molar-refractivity contribution in [3.8, 4) is 11.5 Å². The molecule has 0 heterocycles. The summed E-state index contributed by atoms with van der Waals surface area (Å²) in [4.78, 5) is 1.17. The van der Waals surface area contributed by atoms with Gasteiger partial charge in [-0.1, -0.05) is 56.3 Å². The highest BCUT2D eigenvalue weighted by molar-refractivity contribution is 6.22. The first-order valence-electron chi connectivity index (χ1n) is 11.1. The first-order chi connectivity index (χ1) is 17.3. The van der Waals surface area contributed by atoms with Crippen molar-refractivity contribution in [2.45, 2.75) is 44.0 Å². The van der Waals surface area contributed by atoms with E-state index in [4.69, 9.17) is 16.3 Å². The molecule has 0 aliphatic heterocycles. The van der Waals surface area contributed by atoms with Gasteiger partial charge in [0.25, 0.3) is 0 Å². The summed E-state index contributed by atoms with van der Waals surface area (Å²) in [7, 11) is 0. The van der Waals surface area contributed by atoms with E-state index in [0.29, 0.717) is 23.6 Å². The van der Waals surface area contributed by atoms with E-state index in [1.165, 1.54) is 29.2 Å². The topological polar surface area (TPSA) is 32.7 Å². The van der Waals surface area contributed by atoms with Crippen molar-refractivity contribution < 1.29 is 40.6 Å². The van der Waals surface area contributed by atoms with E-state index in [9.17, 15) is 35.8 Å². The summed E-state index contributed by atoms with van der Waals surface area (Å²) in [5, 5.41) is 5.85. The Balaban J connectivity index is 0.00000235. The molecular weight excluding hydrogens is 527 g/mol. The van der Waals surface area contributed by atoms with Gasteiger partial charge in [0.05, 0.1) is 6.54 Å². The molecule has 1 atom stereocenters. The monoisotopic (exact) mass is 551 g/mol. The lowest BCUT2D eigenvalue weighted by atomic mass is 10.0. The van der Waals surface area contributed by atoms with Crippen LogP contribution in [0, 0.1) is 0 Å². The van der Waals surface area contributed by atoms with Crippen molar-refractivity contribution in [3.05, 3.63) is 90.0 Å². The molecule has 3 rings (SSSR count). The highest BCUT2D eigenvalue weighted by Crippen LogP contribution is 2.44. The number of benzene rings is 3. The van der Waals surface area contributed by atoms with E-state index >= 15 is 0 Å². The normalized spacial score (nSPS) is 12.8. The van der Waals surface area contributed by atoms with Crippen LogP contribution in [0.2, 0.25) is 0 Å². The Kier molecular flexibility index (Phi) is 10.2. The van der Waals surface area contributed by atoms with E-state index in [1.807, 2.05) is 13.8 Å². The van der Waals surface area contributed by atoms with Crippen LogP contribution in [-0.2, 0) is 12.5 Å². The maximum Gasteiger partial charge on any atom is 0.458 e. The lowest BCUT2D eigenvalue weighted by molar-refractivity contribution is -0.289. The quantitative estimate of drug-likeness (QED) is 0.214. The van der Waals surface area contributed by atoms with Crippen LogP contribution in [0.1, 0.15) is 25.0 Å². The number of ether oxygens (including phenoxy) is 1. The smallest absolute Gasteiger partial charge is 0.457 e. The van der Waals surface area contributed by atoms with Gasteiger partial charge < -0.3 is 14.7 Å². The van der Waals surface area contributed by atoms with Crippen molar-refractivity contribution in [2.75, 3.05) is 11.4 Å². The average molecular weight is 552 g/mol. The Morgan fingerprint density at radius 3 is 2.00 bits per heavy atom. The van der Waals surface area contributed by atoms with Gasteiger partial charge in [-0.15, -0.1) is 0 Å². The average Bonchev–Trinajstić information content (AvgIpc) is 2.84. The minimum atomic E-state index is -5.81. The summed E-state index contributed by atoms with van der Waals surface area (Å²) < 4.78 is 98.7. The maximum atomic E-state index is 13.8. The fraction of sp³-hybridized carbons (Fsp3) is 0.308. The Labute approximate surface area is 215 Å². The van der Waals surface area contributed by atoms with Crippen LogP contribution in [0.25, 0.3) is 0 Å². The molecule has 0 unspecified atom stereocenters. The molecular formula is C26H25ClF7NO2. The third-order valence-electron chi connectivity index (χ3n) is 4.95. The highest BCUT2D eigenvalue weighted by atomic mass is 35.5. The predicted molar refractivity (Wildman–Crippen MR) is 129 cm³/mol. The van der Waals surface area contributed by atoms with E-state index < -0.39 is 35.7 Å². The zero-order chi connectivity index (χ0) is 27.9. The second kappa shape index (κ2) is 12.5. The number of anilines is 1. The molecule has 3 aromatic rings. The number of rotatable bonds is 9. The Morgan fingerprint density at radius 2 is 1.41 bits per heavy atom. The largest absolute Gasteiger partial charge is 0.458 e. The molecule has 202 valence electrons. The molecule has 3 aromatic carbocycles. The van der Waals surface area contributed by atoms with Gasteiger partial charge in [-0.25, -0.2) is 0 Å². The molecule has 0 saturated carbocycles. The molecule has 0 aliphatic rings. The fourth-order valence-electron chi connectivity index (χ4n) is 3.19. The minimum absolute atomic E-state index is 0.0362. The Morgan fingerprint density at radius 1 is 0.811 bits per heavy atom. The molecule has 0 radical (unpaired) electrons. The van der Waals surface area contributed by atoms with E-state index in [0.717, 1.165) is 6.07 Å².